The summed E-state index contributed by atoms with van der Waals surface area (Å²) in [6.45, 7) is 1.74. The van der Waals surface area contributed by atoms with Gasteiger partial charge in [-0.15, -0.1) is 0 Å². The SMILES string of the molecule is COc1ccc(C(C)C#N)c(O)c1. The van der Waals surface area contributed by atoms with Crippen molar-refractivity contribution in [1.82, 2.24) is 0 Å². The van der Waals surface area contributed by atoms with E-state index in [4.69, 9.17) is 10.00 Å². The van der Waals surface area contributed by atoms with E-state index in [0.29, 0.717) is 11.3 Å². The van der Waals surface area contributed by atoms with Gasteiger partial charge in [-0.2, -0.15) is 5.26 Å². The Morgan fingerprint density at radius 1 is 1.54 bits per heavy atom. The highest BCUT2D eigenvalue weighted by molar-refractivity contribution is 5.43. The number of hydrogen-bond acceptors (Lipinski definition) is 3. The Kier molecular flexibility index (Phi) is 2.76. The van der Waals surface area contributed by atoms with Gasteiger partial charge < -0.3 is 9.84 Å². The summed E-state index contributed by atoms with van der Waals surface area (Å²) < 4.78 is 4.92. The molecule has 3 heteroatoms. The topological polar surface area (TPSA) is 53.2 Å². The van der Waals surface area contributed by atoms with Gasteiger partial charge >= 0.3 is 0 Å². The fourth-order valence-corrected chi connectivity index (χ4v) is 1.09. The maximum absolute atomic E-state index is 9.49. The molecular formula is C10H11NO2. The highest BCUT2D eigenvalue weighted by atomic mass is 16.5. The molecule has 0 aliphatic rings. The second kappa shape index (κ2) is 3.81. The number of hydrogen-bond donors (Lipinski definition) is 1. The van der Waals surface area contributed by atoms with Gasteiger partial charge in [-0.25, -0.2) is 0 Å². The maximum atomic E-state index is 9.49. The van der Waals surface area contributed by atoms with Crippen LogP contribution in [-0.2, 0) is 0 Å². The smallest absolute Gasteiger partial charge is 0.123 e. The van der Waals surface area contributed by atoms with E-state index in [2.05, 4.69) is 6.07 Å². The van der Waals surface area contributed by atoms with Crippen molar-refractivity contribution >= 4 is 0 Å². The number of nitrogens with zero attached hydrogens (tertiary/aromatic N) is 1. The van der Waals surface area contributed by atoms with Crippen LogP contribution in [0.15, 0.2) is 18.2 Å². The number of phenolic OH excluding ortho intramolecular Hbond substituents is 1. The normalized spacial score (nSPS) is 11.8. The van der Waals surface area contributed by atoms with Crippen LogP contribution in [0.3, 0.4) is 0 Å². The third-order valence-electron chi connectivity index (χ3n) is 1.90. The van der Waals surface area contributed by atoms with Crippen LogP contribution in [0.25, 0.3) is 0 Å². The van der Waals surface area contributed by atoms with Crippen molar-refractivity contribution in [2.24, 2.45) is 0 Å². The Balaban J connectivity index is 3.06. The molecule has 0 amide bonds. The monoisotopic (exact) mass is 177 g/mol. The van der Waals surface area contributed by atoms with Crippen LogP contribution in [0.1, 0.15) is 18.4 Å². The number of ether oxygens (including phenoxy) is 1. The van der Waals surface area contributed by atoms with Crippen LogP contribution in [0.2, 0.25) is 0 Å². The molecule has 0 bridgehead atoms. The molecule has 3 nitrogen and oxygen atoms in total. The predicted molar refractivity (Wildman–Crippen MR) is 48.7 cm³/mol. The minimum Gasteiger partial charge on any atom is -0.507 e. The van der Waals surface area contributed by atoms with Crippen molar-refractivity contribution in [2.45, 2.75) is 12.8 Å². The Morgan fingerprint density at radius 2 is 2.23 bits per heavy atom. The number of phenols is 1. The molecular weight excluding hydrogens is 166 g/mol. The lowest BCUT2D eigenvalue weighted by atomic mass is 10.0. The molecule has 1 N–H and O–H groups in total. The fourth-order valence-electron chi connectivity index (χ4n) is 1.09. The van der Waals surface area contributed by atoms with E-state index in [9.17, 15) is 5.11 Å². The van der Waals surface area contributed by atoms with Crippen molar-refractivity contribution in [3.63, 3.8) is 0 Å². The molecule has 1 rings (SSSR count). The van der Waals surface area contributed by atoms with Crippen LogP contribution in [-0.4, -0.2) is 12.2 Å². The summed E-state index contributed by atoms with van der Waals surface area (Å²) in [5.74, 6) is 0.394. The molecule has 0 saturated heterocycles. The lowest BCUT2D eigenvalue weighted by Gasteiger charge is -2.07. The van der Waals surface area contributed by atoms with E-state index < -0.39 is 0 Å². The van der Waals surface area contributed by atoms with Gasteiger partial charge in [-0.1, -0.05) is 6.07 Å². The quantitative estimate of drug-likeness (QED) is 0.751. The largest absolute Gasteiger partial charge is 0.507 e. The maximum Gasteiger partial charge on any atom is 0.123 e. The molecule has 1 aromatic carbocycles. The second-order valence-corrected chi connectivity index (χ2v) is 2.78. The Bertz CT molecular complexity index is 341. The predicted octanol–water partition coefficient (Wildman–Crippen LogP) is 2.03. The van der Waals surface area contributed by atoms with Gasteiger partial charge in [0.15, 0.2) is 0 Å². The first-order chi connectivity index (χ1) is 6.19. The molecule has 0 fully saturated rings. The molecule has 0 aromatic heterocycles. The number of benzene rings is 1. The fraction of sp³-hybridized carbons (Fsp3) is 0.300. The molecule has 1 aromatic rings. The summed E-state index contributed by atoms with van der Waals surface area (Å²) in [6, 6.07) is 6.98. The molecule has 0 saturated carbocycles. The standard InChI is InChI=1S/C10H11NO2/c1-7(6-11)9-4-3-8(13-2)5-10(9)12/h3-5,7,12H,1-2H3. The van der Waals surface area contributed by atoms with Crippen molar-refractivity contribution in [1.29, 1.82) is 5.26 Å². The molecule has 0 aliphatic carbocycles. The van der Waals surface area contributed by atoms with Crippen molar-refractivity contribution in [2.75, 3.05) is 7.11 Å². The van der Waals surface area contributed by atoms with E-state index in [1.54, 1.807) is 19.1 Å². The second-order valence-electron chi connectivity index (χ2n) is 2.78. The highest BCUT2D eigenvalue weighted by Crippen LogP contribution is 2.28. The number of nitriles is 1. The van der Waals surface area contributed by atoms with E-state index >= 15 is 0 Å². The first-order valence-corrected chi connectivity index (χ1v) is 3.95. The summed E-state index contributed by atoms with van der Waals surface area (Å²) in [6.07, 6.45) is 0. The van der Waals surface area contributed by atoms with Gasteiger partial charge in [0, 0.05) is 11.6 Å². The van der Waals surface area contributed by atoms with Crippen molar-refractivity contribution in [3.05, 3.63) is 23.8 Å². The zero-order chi connectivity index (χ0) is 9.84. The van der Waals surface area contributed by atoms with E-state index in [0.717, 1.165) is 0 Å². The molecule has 0 radical (unpaired) electrons. The van der Waals surface area contributed by atoms with E-state index in [1.807, 2.05) is 0 Å². The van der Waals surface area contributed by atoms with Gasteiger partial charge in [0.25, 0.3) is 0 Å². The third-order valence-corrected chi connectivity index (χ3v) is 1.90. The first-order valence-electron chi connectivity index (χ1n) is 3.95. The molecule has 0 spiro atoms. The zero-order valence-electron chi connectivity index (χ0n) is 7.61. The highest BCUT2D eigenvalue weighted by Gasteiger charge is 2.09. The average molecular weight is 177 g/mol. The lowest BCUT2D eigenvalue weighted by Crippen LogP contribution is -1.91. The van der Waals surface area contributed by atoms with Crippen LogP contribution in [0.5, 0.6) is 11.5 Å². The van der Waals surface area contributed by atoms with E-state index in [1.165, 1.54) is 13.2 Å². The van der Waals surface area contributed by atoms with Gasteiger partial charge in [-0.3, -0.25) is 0 Å². The first kappa shape index (κ1) is 9.40. The molecule has 13 heavy (non-hydrogen) atoms. The van der Waals surface area contributed by atoms with Crippen LogP contribution < -0.4 is 4.74 Å². The lowest BCUT2D eigenvalue weighted by molar-refractivity contribution is 0.406. The minimum absolute atomic E-state index is 0.105. The number of methoxy groups -OCH3 is 1. The zero-order valence-corrected chi connectivity index (χ0v) is 7.61. The van der Waals surface area contributed by atoms with Crippen molar-refractivity contribution < 1.29 is 9.84 Å². The summed E-state index contributed by atoms with van der Waals surface area (Å²) in [5, 5.41) is 18.1. The molecule has 1 unspecified atom stereocenters. The number of rotatable bonds is 2. The van der Waals surface area contributed by atoms with Gasteiger partial charge in [0.1, 0.15) is 11.5 Å². The van der Waals surface area contributed by atoms with Crippen LogP contribution in [0, 0.1) is 11.3 Å². The van der Waals surface area contributed by atoms with Gasteiger partial charge in [0.2, 0.25) is 0 Å². The Hall–Kier alpha value is -1.69. The van der Waals surface area contributed by atoms with Gasteiger partial charge in [-0.05, 0) is 13.0 Å². The van der Waals surface area contributed by atoms with Gasteiger partial charge in [0.05, 0.1) is 19.1 Å². The minimum atomic E-state index is -0.300. The Morgan fingerprint density at radius 3 is 2.69 bits per heavy atom. The summed E-state index contributed by atoms with van der Waals surface area (Å²) in [7, 11) is 1.53. The van der Waals surface area contributed by atoms with E-state index in [-0.39, 0.29) is 11.7 Å². The third kappa shape index (κ3) is 1.91. The molecule has 1 atom stereocenters. The summed E-state index contributed by atoms with van der Waals surface area (Å²) in [4.78, 5) is 0. The Labute approximate surface area is 77.2 Å². The van der Waals surface area contributed by atoms with Crippen LogP contribution >= 0.6 is 0 Å². The summed E-state index contributed by atoms with van der Waals surface area (Å²) in [5.41, 5.74) is 0.628. The molecule has 0 heterocycles. The molecule has 0 aliphatic heterocycles. The molecule has 68 valence electrons. The number of aromatic hydroxyl groups is 1. The van der Waals surface area contributed by atoms with Crippen molar-refractivity contribution in [3.8, 4) is 17.6 Å². The summed E-state index contributed by atoms with van der Waals surface area (Å²) >= 11 is 0. The van der Waals surface area contributed by atoms with Crippen LogP contribution in [0.4, 0.5) is 0 Å². The average Bonchev–Trinajstić information content (AvgIpc) is 2.16.